The summed E-state index contributed by atoms with van der Waals surface area (Å²) >= 11 is 1.83. The van der Waals surface area contributed by atoms with Gasteiger partial charge in [-0.25, -0.2) is 10.3 Å². The highest BCUT2D eigenvalue weighted by Gasteiger charge is 2.42. The second-order valence-electron chi connectivity index (χ2n) is 18.4. The fourth-order valence-electron chi connectivity index (χ4n) is 8.62. The van der Waals surface area contributed by atoms with Crippen LogP contribution in [0, 0.1) is 11.8 Å². The topological polar surface area (TPSA) is 344 Å². The lowest BCUT2D eigenvalue weighted by atomic mass is 9.92. The van der Waals surface area contributed by atoms with E-state index in [2.05, 4.69) is 47.5 Å². The highest BCUT2D eigenvalue weighted by atomic mass is 32.2. The van der Waals surface area contributed by atoms with E-state index in [-0.39, 0.29) is 67.8 Å². The number of hydrogen-bond donors (Lipinski definition) is 13. The Balaban J connectivity index is 1.10. The van der Waals surface area contributed by atoms with Gasteiger partial charge in [0.05, 0.1) is 25.2 Å². The van der Waals surface area contributed by atoms with Gasteiger partial charge in [-0.3, -0.25) is 43.6 Å². The molecule has 0 aliphatic carbocycles. The minimum absolute atomic E-state index is 0.0280. The normalized spacial score (nSPS) is 17.6. The number of urea groups is 1. The van der Waals surface area contributed by atoms with Crippen molar-refractivity contribution in [1.82, 2.24) is 53.0 Å². The number of carbonyl (C=O) groups is 9. The van der Waals surface area contributed by atoms with Crippen LogP contribution < -0.4 is 53.7 Å². The molecule has 5 rings (SSSR count). The molecule has 14 N–H and O–H groups in total. The van der Waals surface area contributed by atoms with Crippen LogP contribution in [-0.4, -0.2) is 129 Å². The molecule has 386 valence electrons. The molecule has 2 saturated heterocycles. The van der Waals surface area contributed by atoms with E-state index in [4.69, 9.17) is 5.73 Å². The number of phenolic OH excluding ortho intramolecular Hbond substituents is 1. The molecule has 10 amide bonds. The molecule has 0 bridgehead atoms. The highest BCUT2D eigenvalue weighted by molar-refractivity contribution is 8.00. The summed E-state index contributed by atoms with van der Waals surface area (Å²) in [5, 5.41) is 41.8. The summed E-state index contributed by atoms with van der Waals surface area (Å²) in [5.41, 5.74) is 9.07. The van der Waals surface area contributed by atoms with Crippen LogP contribution >= 0.6 is 11.8 Å². The monoisotopic (exact) mass is 1010 g/mol. The van der Waals surface area contributed by atoms with Crippen LogP contribution in [0.1, 0.15) is 82.8 Å². The number of unbranched alkanes of at least 4 members (excludes halogenated alkanes) is 2. The van der Waals surface area contributed by atoms with Crippen molar-refractivity contribution in [1.29, 1.82) is 0 Å². The minimum Gasteiger partial charge on any atom is -0.508 e. The number of thioether (sulfide) groups is 1. The first-order valence-electron chi connectivity index (χ1n) is 23.9. The van der Waals surface area contributed by atoms with Crippen molar-refractivity contribution in [2.75, 3.05) is 25.4 Å². The second kappa shape index (κ2) is 27.5. The van der Waals surface area contributed by atoms with Gasteiger partial charge in [0, 0.05) is 66.2 Å². The molecule has 2 fully saturated rings. The number of nitrogens with one attached hydrogen (secondary N) is 10. The average Bonchev–Trinajstić information content (AvgIpc) is 4.04. The lowest BCUT2D eigenvalue weighted by molar-refractivity contribution is -0.137. The number of aromatic nitrogens is 1. The number of fused-ring (bicyclic) bond motifs is 2. The van der Waals surface area contributed by atoms with E-state index in [1.807, 2.05) is 49.9 Å². The molecular weight excluding hydrogens is 939 g/mol. The third-order valence-corrected chi connectivity index (χ3v) is 13.8. The first kappa shape index (κ1) is 55.1. The average molecular weight is 1010 g/mol. The van der Waals surface area contributed by atoms with Crippen LogP contribution in [-0.2, 0) is 51.2 Å². The largest absolute Gasteiger partial charge is 0.508 e. The Bertz CT molecular complexity index is 2350. The van der Waals surface area contributed by atoms with Crippen LogP contribution in [0.2, 0.25) is 0 Å². The summed E-state index contributed by atoms with van der Waals surface area (Å²) in [5.74, 6) is -5.41. The Morgan fingerprint density at radius 2 is 1.48 bits per heavy atom. The van der Waals surface area contributed by atoms with E-state index in [1.165, 1.54) is 12.1 Å². The maximum Gasteiger partial charge on any atom is 0.315 e. The van der Waals surface area contributed by atoms with Crippen molar-refractivity contribution in [2.45, 2.75) is 120 Å². The van der Waals surface area contributed by atoms with Crippen LogP contribution in [0.5, 0.6) is 5.75 Å². The predicted octanol–water partition coefficient (Wildman–Crippen LogP) is 0.401. The van der Waals surface area contributed by atoms with Gasteiger partial charge in [0.1, 0.15) is 23.9 Å². The SMILES string of the molecule is CC(C)CC(CC(=O)NO)C(=O)N[C@@H](Cc1c[nH]c2ccccc12)C(=O)N[C@@H](Cc1ccc(O)cc1)C(=O)NCC(=O)NCC(=O)N[C@@H](CCCCNC(=O)CCCC[C@@H]1SC[C@@H]2NC(=O)N[C@@H]21)C(N)=O. The van der Waals surface area contributed by atoms with Gasteiger partial charge < -0.3 is 58.4 Å². The Morgan fingerprint density at radius 1 is 0.761 bits per heavy atom. The zero-order valence-corrected chi connectivity index (χ0v) is 40.8. The fraction of sp³-hybridized carbons (Fsp3) is 0.521. The van der Waals surface area contributed by atoms with Crippen molar-refractivity contribution < 1.29 is 53.5 Å². The van der Waals surface area contributed by atoms with Gasteiger partial charge in [-0.2, -0.15) is 11.8 Å². The summed E-state index contributed by atoms with van der Waals surface area (Å²) in [6.45, 7) is 2.91. The van der Waals surface area contributed by atoms with Gasteiger partial charge in [0.25, 0.3) is 0 Å². The molecule has 3 heterocycles. The molecule has 0 radical (unpaired) electrons. The number of aromatic hydroxyl groups is 1. The van der Waals surface area contributed by atoms with E-state index in [0.717, 1.165) is 29.5 Å². The van der Waals surface area contributed by atoms with E-state index in [0.29, 0.717) is 48.6 Å². The van der Waals surface area contributed by atoms with Gasteiger partial charge in [0.2, 0.25) is 47.3 Å². The molecule has 71 heavy (non-hydrogen) atoms. The zero-order chi connectivity index (χ0) is 51.5. The van der Waals surface area contributed by atoms with Crippen molar-refractivity contribution >= 4 is 76.0 Å². The third-order valence-electron chi connectivity index (χ3n) is 12.3. The van der Waals surface area contributed by atoms with Gasteiger partial charge in [-0.1, -0.05) is 50.6 Å². The van der Waals surface area contributed by atoms with Crippen molar-refractivity contribution in [3.8, 4) is 5.75 Å². The predicted molar refractivity (Wildman–Crippen MR) is 263 cm³/mol. The summed E-state index contributed by atoms with van der Waals surface area (Å²) in [7, 11) is 0. The molecule has 2 aliphatic rings. The Kier molecular flexibility index (Phi) is 21.3. The molecule has 1 aromatic heterocycles. The molecule has 0 spiro atoms. The Morgan fingerprint density at radius 3 is 2.21 bits per heavy atom. The van der Waals surface area contributed by atoms with E-state index in [1.54, 1.807) is 23.8 Å². The van der Waals surface area contributed by atoms with Gasteiger partial charge in [0.15, 0.2) is 0 Å². The Labute approximate surface area is 415 Å². The summed E-state index contributed by atoms with van der Waals surface area (Å²) in [6.07, 6.45) is 5.49. The van der Waals surface area contributed by atoms with Crippen LogP contribution in [0.4, 0.5) is 4.79 Å². The first-order chi connectivity index (χ1) is 34.0. The summed E-state index contributed by atoms with van der Waals surface area (Å²) < 4.78 is 0. The maximum atomic E-state index is 14.3. The van der Waals surface area contributed by atoms with Gasteiger partial charge in [-0.05, 0) is 73.8 Å². The molecule has 0 saturated carbocycles. The number of primary amides is 1. The number of phenols is 1. The smallest absolute Gasteiger partial charge is 0.315 e. The molecule has 7 atom stereocenters. The number of hydroxylamine groups is 1. The number of benzene rings is 2. The van der Waals surface area contributed by atoms with Gasteiger partial charge >= 0.3 is 6.03 Å². The van der Waals surface area contributed by atoms with Crippen LogP contribution in [0.15, 0.2) is 54.7 Å². The standard InChI is InChI=1S/C48H67N11O11S/c1-27(2)19-29(22-40(62)59-70)45(66)55-36(21-30-23-51-33-10-4-3-9-32(30)33)47(68)56-35(20-28-14-16-31(60)17-15-28)46(67)53-24-41(63)52-25-42(64)54-34(44(49)65)11-7-8-18-50-39(61)13-6-5-12-38-43-37(26-71-38)57-48(69)58-43/h3-4,9-10,14-17,23,27,29,34-38,43,51,60,70H,5-8,11-13,18-22,24-26H2,1-2H3,(H2,49,65)(H,50,61)(H,52,63)(H,53,67)(H,54,64)(H,55,66)(H,56,68)(H,59,62)(H2,57,58,69)/t29?,34-,35-,36-,37-,38-,43-/m0/s1. The van der Waals surface area contributed by atoms with Gasteiger partial charge in [-0.15, -0.1) is 0 Å². The number of amides is 10. The molecule has 2 aliphatic heterocycles. The van der Waals surface area contributed by atoms with Crippen molar-refractivity contribution in [3.63, 3.8) is 0 Å². The Hall–Kier alpha value is -6.88. The number of aromatic amines is 1. The molecule has 2 aromatic carbocycles. The number of rotatable bonds is 29. The molecule has 1 unspecified atom stereocenters. The van der Waals surface area contributed by atoms with E-state index >= 15 is 0 Å². The minimum atomic E-state index is -1.32. The number of H-pyrrole nitrogens is 1. The highest BCUT2D eigenvalue weighted by Crippen LogP contribution is 2.33. The van der Waals surface area contributed by atoms with E-state index < -0.39 is 78.5 Å². The lowest BCUT2D eigenvalue weighted by Crippen LogP contribution is -2.56. The zero-order valence-electron chi connectivity index (χ0n) is 40.0. The summed E-state index contributed by atoms with van der Waals surface area (Å²) in [4.78, 5) is 119. The molecular formula is C48H67N11O11S. The van der Waals surface area contributed by atoms with Crippen LogP contribution in [0.25, 0.3) is 10.9 Å². The van der Waals surface area contributed by atoms with E-state index in [9.17, 15) is 53.5 Å². The quantitative estimate of drug-likeness (QED) is 0.0195. The number of hydrogen-bond acceptors (Lipinski definition) is 12. The fourth-order valence-corrected chi connectivity index (χ4v) is 10.2. The molecule has 3 aromatic rings. The first-order valence-corrected chi connectivity index (χ1v) is 25.0. The van der Waals surface area contributed by atoms with Crippen molar-refractivity contribution in [2.24, 2.45) is 17.6 Å². The van der Waals surface area contributed by atoms with Crippen LogP contribution in [0.3, 0.4) is 0 Å². The third kappa shape index (κ3) is 17.8. The number of nitrogens with two attached hydrogens (primary N) is 1. The summed E-state index contributed by atoms with van der Waals surface area (Å²) in [6, 6.07) is 9.76. The van der Waals surface area contributed by atoms with Crippen molar-refractivity contribution in [3.05, 3.63) is 65.9 Å². The number of para-hydroxylation sites is 1. The maximum absolute atomic E-state index is 14.3. The lowest BCUT2D eigenvalue weighted by Gasteiger charge is -2.25. The second-order valence-corrected chi connectivity index (χ2v) is 19.6. The number of carbonyl (C=O) groups excluding carboxylic acids is 9. The molecule has 23 heteroatoms. The molecule has 22 nitrogen and oxygen atoms in total.